The molecule has 0 fully saturated rings. The molecule has 0 aliphatic carbocycles. The number of thiophene rings is 1. The predicted molar refractivity (Wildman–Crippen MR) is 81.3 cm³/mol. The van der Waals surface area contributed by atoms with E-state index in [1.807, 2.05) is 0 Å². The van der Waals surface area contributed by atoms with Gasteiger partial charge >= 0.3 is 0 Å². The molecule has 2 aromatic rings. The highest BCUT2D eigenvalue weighted by atomic mass is 32.1. The van der Waals surface area contributed by atoms with Gasteiger partial charge in [0.2, 0.25) is 0 Å². The molecule has 1 aromatic heterocycles. The molecular weight excluding hydrogens is 306 g/mol. The molecular formula is C14H9N3O4S. The normalized spacial score (nSPS) is 10.8. The topological polar surface area (TPSA) is 116 Å². The maximum atomic E-state index is 12.0. The predicted octanol–water partition coefficient (Wildman–Crippen LogP) is 2.91. The SMILES string of the molecule is N#C/C(=C\c1cccs1)C(=O)Nc1ccc([N+](=O)[O-])cc1O. The summed E-state index contributed by atoms with van der Waals surface area (Å²) in [5.41, 5.74) is -0.451. The van der Waals surface area contributed by atoms with E-state index in [0.717, 1.165) is 17.0 Å². The first-order chi connectivity index (χ1) is 10.5. The number of non-ortho nitro benzene ring substituents is 1. The summed E-state index contributed by atoms with van der Waals surface area (Å²) in [6, 6.07) is 8.57. The second-order valence-corrected chi connectivity index (χ2v) is 5.08. The summed E-state index contributed by atoms with van der Waals surface area (Å²) in [5, 5.41) is 33.4. The highest BCUT2D eigenvalue weighted by Gasteiger charge is 2.14. The molecule has 1 amide bonds. The second kappa shape index (κ2) is 6.51. The first-order valence-corrected chi connectivity index (χ1v) is 6.83. The van der Waals surface area contributed by atoms with Gasteiger partial charge in [-0.15, -0.1) is 11.3 Å². The molecule has 110 valence electrons. The van der Waals surface area contributed by atoms with Crippen molar-refractivity contribution in [1.82, 2.24) is 0 Å². The van der Waals surface area contributed by atoms with Gasteiger partial charge in [-0.1, -0.05) is 6.07 Å². The van der Waals surface area contributed by atoms with Crippen LogP contribution in [0.2, 0.25) is 0 Å². The Hall–Kier alpha value is -3.18. The van der Waals surface area contributed by atoms with Crippen molar-refractivity contribution in [3.63, 3.8) is 0 Å². The zero-order chi connectivity index (χ0) is 16.1. The number of nitro groups is 1. The van der Waals surface area contributed by atoms with Gasteiger partial charge in [0.05, 0.1) is 16.7 Å². The van der Waals surface area contributed by atoms with Gasteiger partial charge in [0, 0.05) is 10.9 Å². The zero-order valence-corrected chi connectivity index (χ0v) is 11.8. The molecule has 0 bridgehead atoms. The lowest BCUT2D eigenvalue weighted by Crippen LogP contribution is -2.13. The van der Waals surface area contributed by atoms with Crippen LogP contribution in [0.1, 0.15) is 4.88 Å². The van der Waals surface area contributed by atoms with Gasteiger partial charge in [-0.3, -0.25) is 14.9 Å². The van der Waals surface area contributed by atoms with Crippen molar-refractivity contribution in [2.75, 3.05) is 5.32 Å². The molecule has 0 aliphatic rings. The fourth-order valence-corrected chi connectivity index (χ4v) is 2.25. The summed E-state index contributed by atoms with van der Waals surface area (Å²) in [5.74, 6) is -1.16. The summed E-state index contributed by atoms with van der Waals surface area (Å²) in [6.07, 6.45) is 1.42. The minimum atomic E-state index is -0.708. The molecule has 0 atom stereocenters. The Morgan fingerprint density at radius 2 is 2.23 bits per heavy atom. The van der Waals surface area contributed by atoms with Gasteiger partial charge in [-0.25, -0.2) is 0 Å². The lowest BCUT2D eigenvalue weighted by Gasteiger charge is -2.06. The average molecular weight is 315 g/mol. The maximum absolute atomic E-state index is 12.0. The third-order valence-electron chi connectivity index (χ3n) is 2.64. The zero-order valence-electron chi connectivity index (χ0n) is 11.0. The van der Waals surface area contributed by atoms with E-state index in [2.05, 4.69) is 5.32 Å². The summed E-state index contributed by atoms with van der Waals surface area (Å²) in [4.78, 5) is 22.6. The average Bonchev–Trinajstić information content (AvgIpc) is 2.99. The van der Waals surface area contributed by atoms with Crippen molar-refractivity contribution in [2.24, 2.45) is 0 Å². The number of carbonyl (C=O) groups is 1. The summed E-state index contributed by atoms with van der Waals surface area (Å²) < 4.78 is 0. The van der Waals surface area contributed by atoms with E-state index in [-0.39, 0.29) is 16.9 Å². The number of amides is 1. The van der Waals surface area contributed by atoms with Gasteiger partial charge in [0.25, 0.3) is 11.6 Å². The summed E-state index contributed by atoms with van der Waals surface area (Å²) in [6.45, 7) is 0. The van der Waals surface area contributed by atoms with Crippen molar-refractivity contribution in [1.29, 1.82) is 5.26 Å². The standard InChI is InChI=1S/C14H9N3O4S/c15-8-9(6-11-2-1-5-22-11)14(19)16-12-4-3-10(17(20)21)7-13(12)18/h1-7,18H,(H,16,19)/b9-6+. The minimum Gasteiger partial charge on any atom is -0.506 e. The number of rotatable bonds is 4. The van der Waals surface area contributed by atoms with E-state index in [1.165, 1.54) is 23.5 Å². The van der Waals surface area contributed by atoms with Crippen LogP contribution >= 0.6 is 11.3 Å². The van der Waals surface area contributed by atoms with Gasteiger partial charge in [-0.2, -0.15) is 5.26 Å². The van der Waals surface area contributed by atoms with Gasteiger partial charge in [-0.05, 0) is 23.6 Å². The van der Waals surface area contributed by atoms with E-state index in [1.54, 1.807) is 23.6 Å². The van der Waals surface area contributed by atoms with Crippen LogP contribution in [0.25, 0.3) is 6.08 Å². The van der Waals surface area contributed by atoms with E-state index < -0.39 is 16.6 Å². The van der Waals surface area contributed by atoms with Crippen molar-refractivity contribution in [3.05, 3.63) is 56.3 Å². The molecule has 22 heavy (non-hydrogen) atoms. The van der Waals surface area contributed by atoms with Crippen LogP contribution in [0.5, 0.6) is 5.75 Å². The Balaban J connectivity index is 2.21. The van der Waals surface area contributed by atoms with Crippen molar-refractivity contribution >= 4 is 34.7 Å². The van der Waals surface area contributed by atoms with E-state index in [0.29, 0.717) is 0 Å². The number of carbonyl (C=O) groups excluding carboxylic acids is 1. The van der Waals surface area contributed by atoms with Crippen LogP contribution in [0.4, 0.5) is 11.4 Å². The maximum Gasteiger partial charge on any atom is 0.273 e. The number of benzene rings is 1. The quantitative estimate of drug-likeness (QED) is 0.296. The molecule has 1 aromatic carbocycles. The number of nitro benzene ring substituents is 1. The Morgan fingerprint density at radius 1 is 1.45 bits per heavy atom. The number of hydrogen-bond donors (Lipinski definition) is 2. The molecule has 8 heteroatoms. The Kier molecular flexibility index (Phi) is 4.50. The second-order valence-electron chi connectivity index (χ2n) is 4.10. The van der Waals surface area contributed by atoms with Crippen LogP contribution in [0.15, 0.2) is 41.3 Å². The van der Waals surface area contributed by atoms with Crippen LogP contribution in [0.3, 0.4) is 0 Å². The van der Waals surface area contributed by atoms with Crippen molar-refractivity contribution in [2.45, 2.75) is 0 Å². The highest BCUT2D eigenvalue weighted by molar-refractivity contribution is 7.10. The largest absolute Gasteiger partial charge is 0.506 e. The van der Waals surface area contributed by atoms with Gasteiger partial charge < -0.3 is 10.4 Å². The Morgan fingerprint density at radius 3 is 2.77 bits per heavy atom. The van der Waals surface area contributed by atoms with Gasteiger partial charge in [0.1, 0.15) is 17.4 Å². The number of aromatic hydroxyl groups is 1. The van der Waals surface area contributed by atoms with Crippen LogP contribution < -0.4 is 5.32 Å². The Bertz CT molecular complexity index is 791. The summed E-state index contributed by atoms with van der Waals surface area (Å²) in [7, 11) is 0. The Labute approximate surface area is 128 Å². The molecule has 0 spiro atoms. The molecule has 0 saturated carbocycles. The monoisotopic (exact) mass is 315 g/mol. The lowest BCUT2D eigenvalue weighted by molar-refractivity contribution is -0.384. The number of phenols is 1. The number of hydrogen-bond acceptors (Lipinski definition) is 6. The fourth-order valence-electron chi connectivity index (χ4n) is 1.59. The van der Waals surface area contributed by atoms with Crippen LogP contribution in [0, 0.1) is 21.4 Å². The molecule has 2 N–H and O–H groups in total. The van der Waals surface area contributed by atoms with Crippen molar-refractivity contribution < 1.29 is 14.8 Å². The highest BCUT2D eigenvalue weighted by Crippen LogP contribution is 2.28. The van der Waals surface area contributed by atoms with E-state index >= 15 is 0 Å². The number of nitriles is 1. The van der Waals surface area contributed by atoms with Crippen molar-refractivity contribution in [3.8, 4) is 11.8 Å². The smallest absolute Gasteiger partial charge is 0.273 e. The minimum absolute atomic E-state index is 0.0112. The molecule has 0 saturated heterocycles. The molecule has 0 aliphatic heterocycles. The summed E-state index contributed by atoms with van der Waals surface area (Å²) >= 11 is 1.37. The lowest BCUT2D eigenvalue weighted by atomic mass is 10.2. The third-order valence-corrected chi connectivity index (χ3v) is 3.45. The molecule has 0 unspecified atom stereocenters. The first-order valence-electron chi connectivity index (χ1n) is 5.95. The molecule has 1 heterocycles. The number of anilines is 1. The fraction of sp³-hybridized carbons (Fsp3) is 0. The van der Waals surface area contributed by atoms with Crippen LogP contribution in [-0.2, 0) is 4.79 Å². The first kappa shape index (κ1) is 15.2. The molecule has 0 radical (unpaired) electrons. The molecule has 7 nitrogen and oxygen atoms in total. The molecule has 2 rings (SSSR count). The van der Waals surface area contributed by atoms with E-state index in [9.17, 15) is 20.0 Å². The van der Waals surface area contributed by atoms with Crippen LogP contribution in [-0.4, -0.2) is 15.9 Å². The van der Waals surface area contributed by atoms with Gasteiger partial charge in [0.15, 0.2) is 0 Å². The third kappa shape index (κ3) is 3.47. The number of nitrogens with zero attached hydrogens (tertiary/aromatic N) is 2. The number of phenolic OH excluding ortho intramolecular Hbond substituents is 1. The number of nitrogens with one attached hydrogen (secondary N) is 1. The van der Waals surface area contributed by atoms with E-state index in [4.69, 9.17) is 5.26 Å².